The monoisotopic (exact) mass is 267 g/mol. The molecular formula is C13H14ClNO3. The van der Waals surface area contributed by atoms with Gasteiger partial charge in [0.15, 0.2) is 0 Å². The number of carbonyl (C=O) groups is 2. The van der Waals surface area contributed by atoms with Gasteiger partial charge < -0.3 is 10.4 Å². The molecule has 1 aliphatic rings. The predicted octanol–water partition coefficient (Wildman–Crippen LogP) is 2.03. The van der Waals surface area contributed by atoms with E-state index in [1.54, 1.807) is 6.07 Å². The summed E-state index contributed by atoms with van der Waals surface area (Å²) >= 11 is 5.89. The van der Waals surface area contributed by atoms with Crippen LogP contribution in [0.25, 0.3) is 0 Å². The molecule has 0 radical (unpaired) electrons. The normalized spacial score (nSPS) is 23.2. The molecule has 3 unspecified atom stereocenters. The van der Waals surface area contributed by atoms with Gasteiger partial charge in [-0.15, -0.1) is 0 Å². The van der Waals surface area contributed by atoms with Crippen LogP contribution < -0.4 is 5.32 Å². The van der Waals surface area contributed by atoms with Gasteiger partial charge in [0, 0.05) is 10.9 Å². The Kier molecular flexibility index (Phi) is 3.57. The van der Waals surface area contributed by atoms with Crippen LogP contribution in [0.5, 0.6) is 0 Å². The van der Waals surface area contributed by atoms with Gasteiger partial charge in [-0.25, -0.2) is 0 Å². The Hall–Kier alpha value is -1.55. The van der Waals surface area contributed by atoms with Crippen molar-refractivity contribution in [2.75, 3.05) is 0 Å². The smallest absolute Gasteiger partial charge is 0.325 e. The summed E-state index contributed by atoms with van der Waals surface area (Å²) in [5, 5.41) is 11.9. The number of amides is 1. The molecule has 2 N–H and O–H groups in total. The number of carboxylic acid groups (broad SMARTS) is 1. The van der Waals surface area contributed by atoms with Crippen molar-refractivity contribution >= 4 is 23.5 Å². The van der Waals surface area contributed by atoms with Crippen LogP contribution in [0.2, 0.25) is 5.02 Å². The first kappa shape index (κ1) is 12.9. The van der Waals surface area contributed by atoms with Crippen molar-refractivity contribution in [1.82, 2.24) is 5.32 Å². The van der Waals surface area contributed by atoms with E-state index in [1.165, 1.54) is 6.92 Å². The molecule has 1 fully saturated rings. The standard InChI is InChI=1S/C13H14ClNO3/c1-7(13(17)18)15-12(16)11-6-10(11)8-3-2-4-9(14)5-8/h2-5,7,10-11H,6H2,1H3,(H,15,16)(H,17,18). The Bertz CT molecular complexity index is 489. The highest BCUT2D eigenvalue weighted by Crippen LogP contribution is 2.47. The quantitative estimate of drug-likeness (QED) is 0.877. The summed E-state index contributed by atoms with van der Waals surface area (Å²) in [5.74, 6) is -1.20. The van der Waals surface area contributed by atoms with E-state index in [4.69, 9.17) is 16.7 Å². The van der Waals surface area contributed by atoms with Gasteiger partial charge >= 0.3 is 5.97 Å². The van der Waals surface area contributed by atoms with E-state index in [2.05, 4.69) is 5.32 Å². The molecule has 1 saturated carbocycles. The Morgan fingerprint density at radius 2 is 2.22 bits per heavy atom. The Morgan fingerprint density at radius 3 is 2.83 bits per heavy atom. The van der Waals surface area contributed by atoms with Crippen molar-refractivity contribution in [2.24, 2.45) is 5.92 Å². The van der Waals surface area contributed by atoms with Crippen LogP contribution in [-0.2, 0) is 9.59 Å². The molecule has 3 atom stereocenters. The molecule has 96 valence electrons. The minimum Gasteiger partial charge on any atom is -0.480 e. The Labute approximate surface area is 110 Å². The van der Waals surface area contributed by atoms with E-state index in [1.807, 2.05) is 18.2 Å². The number of nitrogens with one attached hydrogen (secondary N) is 1. The maximum absolute atomic E-state index is 11.8. The number of hydrogen-bond acceptors (Lipinski definition) is 2. The van der Waals surface area contributed by atoms with Gasteiger partial charge in [0.05, 0.1) is 0 Å². The van der Waals surface area contributed by atoms with Crippen LogP contribution in [0.3, 0.4) is 0 Å². The van der Waals surface area contributed by atoms with Gasteiger partial charge in [0.2, 0.25) is 5.91 Å². The van der Waals surface area contributed by atoms with Gasteiger partial charge in [-0.1, -0.05) is 23.7 Å². The number of benzene rings is 1. The fourth-order valence-electron chi connectivity index (χ4n) is 1.97. The Balaban J connectivity index is 1.95. The second-order valence-corrected chi connectivity index (χ2v) is 5.01. The van der Waals surface area contributed by atoms with Gasteiger partial charge in [-0.3, -0.25) is 9.59 Å². The van der Waals surface area contributed by atoms with Gasteiger partial charge in [-0.05, 0) is 37.0 Å². The average molecular weight is 268 g/mol. The molecule has 18 heavy (non-hydrogen) atoms. The first-order valence-corrected chi connectivity index (χ1v) is 6.15. The summed E-state index contributed by atoms with van der Waals surface area (Å²) < 4.78 is 0. The maximum Gasteiger partial charge on any atom is 0.325 e. The van der Waals surface area contributed by atoms with E-state index in [0.29, 0.717) is 5.02 Å². The number of rotatable bonds is 4. The van der Waals surface area contributed by atoms with Crippen molar-refractivity contribution in [3.63, 3.8) is 0 Å². The fourth-order valence-corrected chi connectivity index (χ4v) is 2.17. The minimum atomic E-state index is -1.02. The first-order valence-electron chi connectivity index (χ1n) is 5.77. The fraction of sp³-hybridized carbons (Fsp3) is 0.385. The zero-order chi connectivity index (χ0) is 13.3. The number of carbonyl (C=O) groups excluding carboxylic acids is 1. The Morgan fingerprint density at radius 1 is 1.50 bits per heavy atom. The third kappa shape index (κ3) is 2.82. The van der Waals surface area contributed by atoms with Crippen molar-refractivity contribution in [2.45, 2.75) is 25.3 Å². The molecule has 0 spiro atoms. The third-order valence-electron chi connectivity index (χ3n) is 3.13. The zero-order valence-corrected chi connectivity index (χ0v) is 10.6. The number of carboxylic acids is 1. The SMILES string of the molecule is CC(NC(=O)C1CC1c1cccc(Cl)c1)C(=O)O. The highest BCUT2D eigenvalue weighted by atomic mass is 35.5. The average Bonchev–Trinajstić information content (AvgIpc) is 3.08. The zero-order valence-electron chi connectivity index (χ0n) is 9.89. The lowest BCUT2D eigenvalue weighted by molar-refractivity contribution is -0.141. The van der Waals surface area contributed by atoms with E-state index in [0.717, 1.165) is 12.0 Å². The highest BCUT2D eigenvalue weighted by Gasteiger charge is 2.44. The van der Waals surface area contributed by atoms with Gasteiger partial charge in [-0.2, -0.15) is 0 Å². The lowest BCUT2D eigenvalue weighted by Gasteiger charge is -2.08. The topological polar surface area (TPSA) is 66.4 Å². The number of aliphatic carboxylic acids is 1. The van der Waals surface area contributed by atoms with Crippen molar-refractivity contribution in [3.8, 4) is 0 Å². The predicted molar refractivity (Wildman–Crippen MR) is 67.5 cm³/mol. The summed E-state index contributed by atoms with van der Waals surface area (Å²) in [6.07, 6.45) is 0.749. The summed E-state index contributed by atoms with van der Waals surface area (Å²) in [4.78, 5) is 22.4. The minimum absolute atomic E-state index is 0.134. The summed E-state index contributed by atoms with van der Waals surface area (Å²) in [6.45, 7) is 1.46. The van der Waals surface area contributed by atoms with Crippen molar-refractivity contribution in [3.05, 3.63) is 34.9 Å². The van der Waals surface area contributed by atoms with E-state index < -0.39 is 12.0 Å². The van der Waals surface area contributed by atoms with Crippen molar-refractivity contribution < 1.29 is 14.7 Å². The van der Waals surface area contributed by atoms with E-state index in [-0.39, 0.29) is 17.7 Å². The lowest BCUT2D eigenvalue weighted by atomic mass is 10.1. The molecule has 0 aliphatic heterocycles. The van der Waals surface area contributed by atoms with E-state index in [9.17, 15) is 9.59 Å². The summed E-state index contributed by atoms with van der Waals surface area (Å²) in [5.41, 5.74) is 1.03. The third-order valence-corrected chi connectivity index (χ3v) is 3.37. The van der Waals surface area contributed by atoms with Crippen LogP contribution in [0, 0.1) is 5.92 Å². The maximum atomic E-state index is 11.8. The molecular weight excluding hydrogens is 254 g/mol. The molecule has 4 nitrogen and oxygen atoms in total. The number of halogens is 1. The van der Waals surface area contributed by atoms with Crippen LogP contribution >= 0.6 is 11.6 Å². The molecule has 1 amide bonds. The van der Waals surface area contributed by atoms with Gasteiger partial charge in [0.25, 0.3) is 0 Å². The molecule has 2 rings (SSSR count). The summed E-state index contributed by atoms with van der Waals surface area (Å²) in [7, 11) is 0. The highest BCUT2D eigenvalue weighted by molar-refractivity contribution is 6.30. The molecule has 0 heterocycles. The largest absolute Gasteiger partial charge is 0.480 e. The lowest BCUT2D eigenvalue weighted by Crippen LogP contribution is -2.39. The molecule has 0 bridgehead atoms. The van der Waals surface area contributed by atoms with Gasteiger partial charge in [0.1, 0.15) is 6.04 Å². The first-order chi connectivity index (χ1) is 8.49. The molecule has 0 saturated heterocycles. The van der Waals surface area contributed by atoms with Crippen LogP contribution in [0.1, 0.15) is 24.8 Å². The molecule has 1 aliphatic carbocycles. The second kappa shape index (κ2) is 4.98. The molecule has 0 aromatic heterocycles. The molecule has 5 heteroatoms. The van der Waals surface area contributed by atoms with E-state index >= 15 is 0 Å². The molecule has 1 aromatic carbocycles. The van der Waals surface area contributed by atoms with Crippen LogP contribution in [-0.4, -0.2) is 23.0 Å². The van der Waals surface area contributed by atoms with Crippen LogP contribution in [0.4, 0.5) is 0 Å². The summed E-state index contributed by atoms with van der Waals surface area (Å²) in [6, 6.07) is 6.57. The van der Waals surface area contributed by atoms with Crippen LogP contribution in [0.15, 0.2) is 24.3 Å². The number of hydrogen-bond donors (Lipinski definition) is 2. The second-order valence-electron chi connectivity index (χ2n) is 4.57. The molecule has 1 aromatic rings. The van der Waals surface area contributed by atoms with Crippen molar-refractivity contribution in [1.29, 1.82) is 0 Å².